The maximum atomic E-state index is 12.0. The van der Waals surface area contributed by atoms with E-state index in [0.717, 1.165) is 12.8 Å². The van der Waals surface area contributed by atoms with Gasteiger partial charge in [-0.05, 0) is 36.3 Å². The lowest BCUT2D eigenvalue weighted by Crippen LogP contribution is -2.44. The van der Waals surface area contributed by atoms with Gasteiger partial charge in [-0.3, -0.25) is 4.79 Å². The summed E-state index contributed by atoms with van der Waals surface area (Å²) >= 11 is 0. The highest BCUT2D eigenvalue weighted by molar-refractivity contribution is 7.90. The number of sulfonamides is 1. The van der Waals surface area contributed by atoms with Crippen molar-refractivity contribution in [2.75, 3.05) is 0 Å². The smallest absolute Gasteiger partial charge is 0.264 e. The van der Waals surface area contributed by atoms with Gasteiger partial charge in [0.15, 0.2) is 0 Å². The third-order valence-electron chi connectivity index (χ3n) is 4.02. The average molecular weight is 295 g/mol. The van der Waals surface area contributed by atoms with E-state index in [2.05, 4.69) is 25.5 Å². The van der Waals surface area contributed by atoms with Gasteiger partial charge in [-0.2, -0.15) is 0 Å². The molecule has 0 aliphatic heterocycles. The molecule has 1 aromatic carbocycles. The normalized spacial score (nSPS) is 22.9. The molecule has 0 aromatic heterocycles. The van der Waals surface area contributed by atoms with Gasteiger partial charge in [-0.1, -0.05) is 39.0 Å². The fraction of sp³-hybridized carbons (Fsp3) is 0.533. The van der Waals surface area contributed by atoms with E-state index in [1.165, 1.54) is 12.1 Å². The van der Waals surface area contributed by atoms with Crippen molar-refractivity contribution in [3.63, 3.8) is 0 Å². The van der Waals surface area contributed by atoms with Crippen molar-refractivity contribution in [3.05, 3.63) is 30.3 Å². The molecule has 0 unspecified atom stereocenters. The Kier molecular flexibility index (Phi) is 3.91. The van der Waals surface area contributed by atoms with Crippen molar-refractivity contribution < 1.29 is 13.2 Å². The van der Waals surface area contributed by atoms with Crippen LogP contribution in [-0.4, -0.2) is 14.3 Å². The van der Waals surface area contributed by atoms with Crippen molar-refractivity contribution in [1.29, 1.82) is 0 Å². The summed E-state index contributed by atoms with van der Waals surface area (Å²) in [7, 11) is -3.73. The second-order valence-electron chi connectivity index (χ2n) is 6.51. The Balaban J connectivity index is 1.97. The number of carbonyl (C=O) groups excluding carboxylic acids is 1. The molecule has 0 heterocycles. The summed E-state index contributed by atoms with van der Waals surface area (Å²) in [4.78, 5) is 12.1. The Morgan fingerprint density at radius 3 is 2.20 bits per heavy atom. The average Bonchev–Trinajstić information content (AvgIpc) is 2.25. The zero-order valence-electron chi connectivity index (χ0n) is 12.1. The van der Waals surface area contributed by atoms with Crippen LogP contribution in [0.15, 0.2) is 35.2 Å². The molecule has 1 aromatic rings. The second kappa shape index (κ2) is 5.20. The minimum atomic E-state index is -3.73. The maximum absolute atomic E-state index is 12.0. The number of nitrogens with one attached hydrogen (secondary N) is 1. The molecule has 5 heteroatoms. The molecule has 2 rings (SSSR count). The Labute approximate surface area is 120 Å². The largest absolute Gasteiger partial charge is 0.274 e. The van der Waals surface area contributed by atoms with E-state index in [4.69, 9.17) is 0 Å². The van der Waals surface area contributed by atoms with Gasteiger partial charge in [0.1, 0.15) is 0 Å². The molecule has 1 aliphatic carbocycles. The molecule has 0 atom stereocenters. The molecule has 0 saturated heterocycles. The number of benzene rings is 1. The Hall–Kier alpha value is -1.36. The van der Waals surface area contributed by atoms with E-state index < -0.39 is 10.0 Å². The van der Waals surface area contributed by atoms with E-state index >= 15 is 0 Å². The minimum Gasteiger partial charge on any atom is -0.274 e. The highest BCUT2D eigenvalue weighted by Gasteiger charge is 2.41. The van der Waals surface area contributed by atoms with Gasteiger partial charge in [-0.25, -0.2) is 13.1 Å². The minimum absolute atomic E-state index is 0.125. The van der Waals surface area contributed by atoms with Gasteiger partial charge >= 0.3 is 0 Å². The van der Waals surface area contributed by atoms with Gasteiger partial charge in [0.2, 0.25) is 5.91 Å². The molecule has 1 amide bonds. The van der Waals surface area contributed by atoms with Crippen molar-refractivity contribution in [2.24, 2.45) is 17.3 Å². The van der Waals surface area contributed by atoms with E-state index in [1.807, 2.05) is 0 Å². The summed E-state index contributed by atoms with van der Waals surface area (Å²) in [5.41, 5.74) is 0.176. The molecular formula is C15H21NO3S. The van der Waals surface area contributed by atoms with Crippen molar-refractivity contribution >= 4 is 15.9 Å². The molecular weight excluding hydrogens is 274 g/mol. The SMILES string of the molecule is CC(C)(C)C1CC(C(=O)NS(=O)(=O)c2ccccc2)C1. The summed E-state index contributed by atoms with van der Waals surface area (Å²) in [6.07, 6.45) is 1.53. The van der Waals surface area contributed by atoms with Crippen molar-refractivity contribution in [2.45, 2.75) is 38.5 Å². The number of hydrogen-bond donors (Lipinski definition) is 1. The highest BCUT2D eigenvalue weighted by Crippen LogP contribution is 2.45. The van der Waals surface area contributed by atoms with Crippen LogP contribution in [0.25, 0.3) is 0 Å². The molecule has 1 N–H and O–H groups in total. The molecule has 1 aliphatic rings. The van der Waals surface area contributed by atoms with Gasteiger partial charge in [0.05, 0.1) is 4.90 Å². The Morgan fingerprint density at radius 2 is 1.70 bits per heavy atom. The lowest BCUT2D eigenvalue weighted by Gasteiger charge is -2.42. The first-order valence-corrected chi connectivity index (χ1v) is 8.30. The number of rotatable bonds is 3. The number of hydrogen-bond acceptors (Lipinski definition) is 3. The van der Waals surface area contributed by atoms with Gasteiger partial charge in [0, 0.05) is 5.92 Å². The van der Waals surface area contributed by atoms with Gasteiger partial charge in [-0.15, -0.1) is 0 Å². The molecule has 1 saturated carbocycles. The zero-order chi connectivity index (χ0) is 15.0. The molecule has 20 heavy (non-hydrogen) atoms. The van der Waals surface area contributed by atoms with Crippen LogP contribution >= 0.6 is 0 Å². The molecule has 0 radical (unpaired) electrons. The predicted octanol–water partition coefficient (Wildman–Crippen LogP) is 2.56. The van der Waals surface area contributed by atoms with E-state index in [1.54, 1.807) is 18.2 Å². The third-order valence-corrected chi connectivity index (χ3v) is 5.38. The number of carbonyl (C=O) groups is 1. The summed E-state index contributed by atoms with van der Waals surface area (Å²) in [5, 5.41) is 0. The van der Waals surface area contributed by atoms with Crippen LogP contribution in [0.3, 0.4) is 0 Å². The monoisotopic (exact) mass is 295 g/mol. The van der Waals surface area contributed by atoms with E-state index in [9.17, 15) is 13.2 Å². The zero-order valence-corrected chi connectivity index (χ0v) is 12.9. The molecule has 1 fully saturated rings. The Morgan fingerprint density at radius 1 is 1.15 bits per heavy atom. The van der Waals surface area contributed by atoms with Crippen LogP contribution in [0.4, 0.5) is 0 Å². The lowest BCUT2D eigenvalue weighted by atomic mass is 9.63. The molecule has 110 valence electrons. The van der Waals surface area contributed by atoms with Gasteiger partial charge in [0.25, 0.3) is 10.0 Å². The maximum Gasteiger partial charge on any atom is 0.264 e. The summed E-state index contributed by atoms with van der Waals surface area (Å²) < 4.78 is 26.2. The third kappa shape index (κ3) is 3.20. The van der Waals surface area contributed by atoms with Crippen LogP contribution in [0.1, 0.15) is 33.6 Å². The van der Waals surface area contributed by atoms with Crippen molar-refractivity contribution in [1.82, 2.24) is 4.72 Å². The molecule has 4 nitrogen and oxygen atoms in total. The Bertz CT molecular complexity index is 581. The summed E-state index contributed by atoms with van der Waals surface area (Å²) in [6.45, 7) is 6.44. The highest BCUT2D eigenvalue weighted by atomic mass is 32.2. The topological polar surface area (TPSA) is 63.2 Å². The lowest BCUT2D eigenvalue weighted by molar-refractivity contribution is -0.128. The number of amides is 1. The van der Waals surface area contributed by atoms with E-state index in [0.29, 0.717) is 5.92 Å². The first kappa shape index (κ1) is 15.0. The van der Waals surface area contributed by atoms with E-state index in [-0.39, 0.29) is 22.1 Å². The van der Waals surface area contributed by atoms with Crippen LogP contribution in [0.5, 0.6) is 0 Å². The predicted molar refractivity (Wildman–Crippen MR) is 77.4 cm³/mol. The van der Waals surface area contributed by atoms with Crippen LogP contribution in [-0.2, 0) is 14.8 Å². The fourth-order valence-electron chi connectivity index (χ4n) is 2.41. The van der Waals surface area contributed by atoms with Crippen LogP contribution in [0, 0.1) is 17.3 Å². The van der Waals surface area contributed by atoms with Crippen LogP contribution < -0.4 is 4.72 Å². The summed E-state index contributed by atoms with van der Waals surface area (Å²) in [6, 6.07) is 7.97. The second-order valence-corrected chi connectivity index (χ2v) is 8.20. The molecule has 0 bridgehead atoms. The fourth-order valence-corrected chi connectivity index (χ4v) is 3.48. The summed E-state index contributed by atoms with van der Waals surface area (Å²) in [5.74, 6) is -0.0789. The standard InChI is InChI=1S/C15H21NO3S/c1-15(2,3)12-9-11(10-12)14(17)16-20(18,19)13-7-5-4-6-8-13/h4-8,11-12H,9-10H2,1-3H3,(H,16,17). The first-order valence-electron chi connectivity index (χ1n) is 6.82. The molecule has 0 spiro atoms. The van der Waals surface area contributed by atoms with Crippen LogP contribution in [0.2, 0.25) is 0 Å². The quantitative estimate of drug-likeness (QED) is 0.932. The van der Waals surface area contributed by atoms with Gasteiger partial charge < -0.3 is 0 Å². The first-order chi connectivity index (χ1) is 9.20. The van der Waals surface area contributed by atoms with Crippen molar-refractivity contribution in [3.8, 4) is 0 Å².